The van der Waals surface area contributed by atoms with Crippen molar-refractivity contribution in [2.45, 2.75) is 10.6 Å². The normalized spacial score (nSPS) is 11.5. The molecular formula is C24H18N4O3S2. The van der Waals surface area contributed by atoms with Gasteiger partial charge in [-0.3, -0.25) is 14.5 Å². The van der Waals surface area contributed by atoms with Crippen LogP contribution in [-0.4, -0.2) is 23.6 Å². The molecule has 0 aliphatic heterocycles. The molecule has 0 spiro atoms. The molecular weight excluding hydrogens is 456 g/mol. The van der Waals surface area contributed by atoms with Gasteiger partial charge in [0.05, 0.1) is 21.7 Å². The van der Waals surface area contributed by atoms with Crippen LogP contribution in [0.2, 0.25) is 0 Å². The number of rotatable bonds is 6. The Morgan fingerprint density at radius 1 is 0.909 bits per heavy atom. The maximum Gasteiger partial charge on any atom is 0.272 e. The molecule has 164 valence electrons. The Labute approximate surface area is 193 Å². The van der Waals surface area contributed by atoms with Gasteiger partial charge in [-0.2, -0.15) is 5.10 Å². The fourth-order valence-corrected chi connectivity index (χ4v) is 5.89. The molecule has 5 aromatic rings. The maximum atomic E-state index is 13.0. The van der Waals surface area contributed by atoms with Gasteiger partial charge >= 0.3 is 0 Å². The van der Waals surface area contributed by atoms with Crippen molar-refractivity contribution in [2.75, 3.05) is 4.72 Å². The molecule has 0 aliphatic carbocycles. The summed E-state index contributed by atoms with van der Waals surface area (Å²) in [5.41, 5.74) is 2.51. The van der Waals surface area contributed by atoms with E-state index < -0.39 is 10.0 Å². The zero-order valence-electron chi connectivity index (χ0n) is 17.2. The molecule has 0 fully saturated rings. The summed E-state index contributed by atoms with van der Waals surface area (Å²) in [5, 5.41) is 8.08. The third kappa shape index (κ3) is 4.41. The summed E-state index contributed by atoms with van der Waals surface area (Å²) in [7, 11) is -3.75. The number of H-pyrrole nitrogens is 1. The van der Waals surface area contributed by atoms with Crippen LogP contribution in [0.15, 0.2) is 94.1 Å². The molecule has 0 unspecified atom stereocenters. The smallest absolute Gasteiger partial charge is 0.272 e. The van der Waals surface area contributed by atoms with Crippen molar-refractivity contribution in [1.82, 2.24) is 15.2 Å². The second kappa shape index (κ2) is 8.61. The van der Waals surface area contributed by atoms with Gasteiger partial charge < -0.3 is 0 Å². The van der Waals surface area contributed by atoms with E-state index in [4.69, 9.17) is 0 Å². The number of nitrogens with one attached hydrogen (secondary N) is 2. The molecule has 0 aliphatic rings. The summed E-state index contributed by atoms with van der Waals surface area (Å²) in [6, 6.07) is 23.3. The summed E-state index contributed by atoms with van der Waals surface area (Å²) >= 11 is 1.17. The minimum Gasteiger partial charge on any atom is -0.279 e. The maximum absolute atomic E-state index is 13.0. The van der Waals surface area contributed by atoms with Crippen LogP contribution in [-0.2, 0) is 16.4 Å². The first-order valence-electron chi connectivity index (χ1n) is 10.1. The number of hydrogen-bond acceptors (Lipinski definition) is 6. The Bertz CT molecular complexity index is 1610. The standard InChI is InChI=1S/C24H18N4O3S2/c29-24-19-9-2-1-8-18(19)21(26-27-24)15-16-6-5-7-17(14-16)28-33(30,31)23-12-11-22(32-23)20-10-3-4-13-25-20/h1-14,28H,15H2,(H,27,29). The van der Waals surface area contributed by atoms with Crippen LogP contribution in [0.1, 0.15) is 11.3 Å². The Morgan fingerprint density at radius 2 is 1.73 bits per heavy atom. The Morgan fingerprint density at radius 3 is 2.55 bits per heavy atom. The molecule has 3 heterocycles. The molecule has 9 heteroatoms. The second-order valence-electron chi connectivity index (χ2n) is 7.36. The first-order valence-corrected chi connectivity index (χ1v) is 12.4. The van der Waals surface area contributed by atoms with Crippen LogP contribution in [0.25, 0.3) is 21.3 Å². The fourth-order valence-electron chi connectivity index (χ4n) is 3.56. The number of aromatic nitrogens is 3. The lowest BCUT2D eigenvalue weighted by molar-refractivity contribution is 0.603. The van der Waals surface area contributed by atoms with Crippen molar-refractivity contribution in [2.24, 2.45) is 0 Å². The van der Waals surface area contributed by atoms with Gasteiger partial charge in [0.25, 0.3) is 15.6 Å². The number of hydrogen-bond donors (Lipinski definition) is 2. The third-order valence-corrected chi connectivity index (χ3v) is 8.07. The van der Waals surface area contributed by atoms with E-state index in [0.717, 1.165) is 21.5 Å². The highest BCUT2D eigenvalue weighted by molar-refractivity contribution is 7.94. The summed E-state index contributed by atoms with van der Waals surface area (Å²) < 4.78 is 28.8. The van der Waals surface area contributed by atoms with Gasteiger partial charge in [0.2, 0.25) is 0 Å². The van der Waals surface area contributed by atoms with Crippen molar-refractivity contribution < 1.29 is 8.42 Å². The molecule has 5 rings (SSSR count). The zero-order valence-corrected chi connectivity index (χ0v) is 18.9. The number of nitrogens with zero attached hydrogens (tertiary/aromatic N) is 2. The summed E-state index contributed by atoms with van der Waals surface area (Å²) in [4.78, 5) is 17.1. The number of thiophene rings is 1. The van der Waals surface area contributed by atoms with Crippen LogP contribution >= 0.6 is 11.3 Å². The topological polar surface area (TPSA) is 105 Å². The highest BCUT2D eigenvalue weighted by Gasteiger charge is 2.18. The number of fused-ring (bicyclic) bond motifs is 1. The zero-order chi connectivity index (χ0) is 22.8. The minimum absolute atomic E-state index is 0.210. The first-order chi connectivity index (χ1) is 16.0. The lowest BCUT2D eigenvalue weighted by atomic mass is 10.0. The number of anilines is 1. The van der Waals surface area contributed by atoms with Crippen LogP contribution in [0.4, 0.5) is 5.69 Å². The number of sulfonamides is 1. The van der Waals surface area contributed by atoms with Crippen molar-refractivity contribution in [3.8, 4) is 10.6 Å². The molecule has 2 N–H and O–H groups in total. The lowest BCUT2D eigenvalue weighted by Gasteiger charge is -2.09. The average molecular weight is 475 g/mol. The molecule has 0 amide bonds. The SMILES string of the molecule is O=c1[nH]nc(Cc2cccc(NS(=O)(=O)c3ccc(-c4ccccn4)s3)c2)c2ccccc12. The van der Waals surface area contributed by atoms with Crippen molar-refractivity contribution in [1.29, 1.82) is 0 Å². The van der Waals surface area contributed by atoms with Gasteiger partial charge in [0.15, 0.2) is 0 Å². The van der Waals surface area contributed by atoms with Crippen LogP contribution in [0.5, 0.6) is 0 Å². The number of pyridine rings is 1. The minimum atomic E-state index is -3.75. The van der Waals surface area contributed by atoms with Crippen LogP contribution < -0.4 is 10.3 Å². The van der Waals surface area contributed by atoms with Gasteiger partial charge in [0.1, 0.15) is 4.21 Å². The van der Waals surface area contributed by atoms with Crippen molar-refractivity contribution in [3.63, 3.8) is 0 Å². The van der Waals surface area contributed by atoms with Crippen molar-refractivity contribution in [3.05, 3.63) is 107 Å². The highest BCUT2D eigenvalue weighted by atomic mass is 32.2. The molecule has 0 radical (unpaired) electrons. The van der Waals surface area contributed by atoms with E-state index in [1.54, 1.807) is 48.7 Å². The summed E-state index contributed by atoms with van der Waals surface area (Å²) in [5.74, 6) is 0. The van der Waals surface area contributed by atoms with Gasteiger partial charge in [-0.1, -0.05) is 36.4 Å². The Balaban J connectivity index is 1.40. The van der Waals surface area contributed by atoms with E-state index in [1.165, 1.54) is 11.3 Å². The number of aromatic amines is 1. The van der Waals surface area contributed by atoms with Gasteiger partial charge in [-0.15, -0.1) is 11.3 Å². The molecule has 7 nitrogen and oxygen atoms in total. The Kier molecular flexibility index (Phi) is 5.49. The molecule has 0 saturated heterocycles. The molecule has 2 aromatic carbocycles. The van der Waals surface area contributed by atoms with Crippen molar-refractivity contribution >= 4 is 37.8 Å². The van der Waals surface area contributed by atoms with E-state index in [9.17, 15) is 13.2 Å². The molecule has 0 atom stereocenters. The molecule has 3 aromatic heterocycles. The monoisotopic (exact) mass is 474 g/mol. The van der Waals surface area contributed by atoms with Gasteiger partial charge in [0, 0.05) is 23.7 Å². The van der Waals surface area contributed by atoms with Crippen LogP contribution in [0, 0.1) is 0 Å². The largest absolute Gasteiger partial charge is 0.279 e. The van der Waals surface area contributed by atoms with E-state index >= 15 is 0 Å². The lowest BCUT2D eigenvalue weighted by Crippen LogP contribution is -2.12. The summed E-state index contributed by atoms with van der Waals surface area (Å²) in [6.07, 6.45) is 2.11. The van der Waals surface area contributed by atoms with Gasteiger partial charge in [-0.25, -0.2) is 13.5 Å². The van der Waals surface area contributed by atoms with E-state index in [-0.39, 0.29) is 9.77 Å². The summed E-state index contributed by atoms with van der Waals surface area (Å²) in [6.45, 7) is 0. The predicted octanol–water partition coefficient (Wildman–Crippen LogP) is 4.44. The van der Waals surface area contributed by atoms with E-state index in [2.05, 4.69) is 19.9 Å². The van der Waals surface area contributed by atoms with Gasteiger partial charge in [-0.05, 0) is 48.0 Å². The fraction of sp³-hybridized carbons (Fsp3) is 0.0417. The second-order valence-corrected chi connectivity index (χ2v) is 10.4. The van der Waals surface area contributed by atoms with E-state index in [1.807, 2.05) is 36.4 Å². The Hall–Kier alpha value is -3.82. The molecule has 33 heavy (non-hydrogen) atoms. The molecule has 0 bridgehead atoms. The predicted molar refractivity (Wildman–Crippen MR) is 130 cm³/mol. The van der Waals surface area contributed by atoms with Crippen LogP contribution in [0.3, 0.4) is 0 Å². The molecule has 0 saturated carbocycles. The average Bonchev–Trinajstić information content (AvgIpc) is 3.33. The first kappa shape index (κ1) is 21.0. The quantitative estimate of drug-likeness (QED) is 0.379. The third-order valence-electron chi connectivity index (χ3n) is 5.09. The number of benzene rings is 2. The van der Waals surface area contributed by atoms with E-state index in [0.29, 0.717) is 23.2 Å². The highest BCUT2D eigenvalue weighted by Crippen LogP contribution is 2.30.